The Morgan fingerprint density at radius 2 is 1.82 bits per heavy atom. The zero-order valence-electron chi connectivity index (χ0n) is 18.7. The average Bonchev–Trinajstić information content (AvgIpc) is 3.11. The van der Waals surface area contributed by atoms with Crippen LogP contribution in [0.4, 0.5) is 8.78 Å². The molecule has 2 atom stereocenters. The van der Waals surface area contributed by atoms with Crippen molar-refractivity contribution in [2.24, 2.45) is 0 Å². The van der Waals surface area contributed by atoms with E-state index in [1.165, 1.54) is 30.3 Å². The standard InChI is InChI=1S/C25H27F2N3O3/c1-24(2,29-22(32)18-6-3-4-7-20(18)27)23(33)30-14-19(16-9-11-17(26)12-10-16)25(15-30)13-5-8-21(31)28-25/h3-4,6-7,9-12,19H,5,8,13-15H2,1-2H3,(H,28,31)(H,29,32)/t19-,25+/m0/s1. The van der Waals surface area contributed by atoms with Gasteiger partial charge in [-0.3, -0.25) is 14.4 Å². The van der Waals surface area contributed by atoms with E-state index in [-0.39, 0.29) is 35.7 Å². The van der Waals surface area contributed by atoms with Crippen molar-refractivity contribution in [1.29, 1.82) is 0 Å². The highest BCUT2D eigenvalue weighted by Crippen LogP contribution is 2.42. The molecule has 2 aliphatic heterocycles. The highest BCUT2D eigenvalue weighted by Gasteiger charge is 2.52. The van der Waals surface area contributed by atoms with Gasteiger partial charge < -0.3 is 15.5 Å². The van der Waals surface area contributed by atoms with Gasteiger partial charge in [0, 0.05) is 25.4 Å². The predicted molar refractivity (Wildman–Crippen MR) is 118 cm³/mol. The summed E-state index contributed by atoms with van der Waals surface area (Å²) in [5.74, 6) is -2.33. The van der Waals surface area contributed by atoms with Crippen molar-refractivity contribution in [2.45, 2.75) is 50.1 Å². The van der Waals surface area contributed by atoms with Crippen molar-refractivity contribution in [1.82, 2.24) is 15.5 Å². The van der Waals surface area contributed by atoms with Crippen molar-refractivity contribution in [3.63, 3.8) is 0 Å². The molecule has 2 fully saturated rings. The molecule has 0 radical (unpaired) electrons. The number of rotatable bonds is 4. The van der Waals surface area contributed by atoms with Gasteiger partial charge in [0.15, 0.2) is 0 Å². The topological polar surface area (TPSA) is 78.5 Å². The summed E-state index contributed by atoms with van der Waals surface area (Å²) in [6, 6.07) is 11.7. The number of hydrogen-bond acceptors (Lipinski definition) is 3. The SMILES string of the molecule is CC(C)(NC(=O)c1ccccc1F)C(=O)N1C[C@@H](c2ccc(F)cc2)[C@@]2(CCCC(=O)N2)C1. The lowest BCUT2D eigenvalue weighted by Crippen LogP contribution is -2.59. The van der Waals surface area contributed by atoms with E-state index < -0.39 is 22.8 Å². The Morgan fingerprint density at radius 1 is 1.12 bits per heavy atom. The summed E-state index contributed by atoms with van der Waals surface area (Å²) in [6.45, 7) is 3.74. The number of nitrogens with zero attached hydrogens (tertiary/aromatic N) is 1. The van der Waals surface area contributed by atoms with E-state index >= 15 is 0 Å². The van der Waals surface area contributed by atoms with Gasteiger partial charge in [-0.25, -0.2) is 8.78 Å². The van der Waals surface area contributed by atoms with Gasteiger partial charge in [0.25, 0.3) is 5.91 Å². The molecule has 4 rings (SSSR count). The molecule has 3 amide bonds. The van der Waals surface area contributed by atoms with Crippen LogP contribution in [0, 0.1) is 11.6 Å². The highest BCUT2D eigenvalue weighted by molar-refractivity contribution is 5.99. The molecule has 33 heavy (non-hydrogen) atoms. The first-order chi connectivity index (χ1) is 15.6. The van der Waals surface area contributed by atoms with Crippen LogP contribution in [0.3, 0.4) is 0 Å². The molecule has 0 aliphatic carbocycles. The molecule has 2 saturated heterocycles. The van der Waals surface area contributed by atoms with Gasteiger partial charge in [-0.1, -0.05) is 24.3 Å². The zero-order valence-corrected chi connectivity index (χ0v) is 18.7. The normalized spacial score (nSPS) is 22.8. The second-order valence-corrected chi connectivity index (χ2v) is 9.41. The van der Waals surface area contributed by atoms with E-state index in [9.17, 15) is 23.2 Å². The molecule has 2 aromatic rings. The largest absolute Gasteiger partial charge is 0.348 e. The molecule has 2 aliphatic rings. The second-order valence-electron chi connectivity index (χ2n) is 9.41. The van der Waals surface area contributed by atoms with Crippen LogP contribution in [-0.2, 0) is 9.59 Å². The zero-order chi connectivity index (χ0) is 23.8. The summed E-state index contributed by atoms with van der Waals surface area (Å²) in [4.78, 5) is 40.1. The molecule has 0 bridgehead atoms. The smallest absolute Gasteiger partial charge is 0.255 e. The maximum absolute atomic E-state index is 14.0. The van der Waals surface area contributed by atoms with Gasteiger partial charge in [0.2, 0.25) is 11.8 Å². The highest BCUT2D eigenvalue weighted by atomic mass is 19.1. The first-order valence-electron chi connectivity index (χ1n) is 11.0. The fourth-order valence-corrected chi connectivity index (χ4v) is 4.98. The minimum absolute atomic E-state index is 0.0743. The van der Waals surface area contributed by atoms with Crippen LogP contribution >= 0.6 is 0 Å². The van der Waals surface area contributed by atoms with Crippen LogP contribution in [0.15, 0.2) is 48.5 Å². The predicted octanol–water partition coefficient (Wildman–Crippen LogP) is 3.14. The molecule has 2 N–H and O–H groups in total. The quantitative estimate of drug-likeness (QED) is 0.744. The Balaban J connectivity index is 1.58. The number of benzene rings is 2. The number of halogens is 2. The summed E-state index contributed by atoms with van der Waals surface area (Å²) in [5, 5.41) is 5.75. The van der Waals surface area contributed by atoms with Gasteiger partial charge in [0.05, 0.1) is 11.1 Å². The van der Waals surface area contributed by atoms with Crippen molar-refractivity contribution in [3.05, 3.63) is 71.3 Å². The molecule has 1 spiro atoms. The molecule has 0 unspecified atom stereocenters. The summed E-state index contributed by atoms with van der Waals surface area (Å²) < 4.78 is 27.6. The molecule has 2 aromatic carbocycles. The van der Waals surface area contributed by atoms with Crippen molar-refractivity contribution < 1.29 is 23.2 Å². The van der Waals surface area contributed by atoms with Crippen molar-refractivity contribution >= 4 is 17.7 Å². The second kappa shape index (κ2) is 8.57. The maximum atomic E-state index is 14.0. The third-order valence-corrected chi connectivity index (χ3v) is 6.60. The lowest BCUT2D eigenvalue weighted by molar-refractivity contribution is -0.136. The van der Waals surface area contributed by atoms with E-state index in [1.807, 2.05) is 0 Å². The molecule has 8 heteroatoms. The first kappa shape index (κ1) is 22.9. The summed E-state index contributed by atoms with van der Waals surface area (Å²) >= 11 is 0. The average molecular weight is 456 g/mol. The Labute approximate surface area is 191 Å². The van der Waals surface area contributed by atoms with Gasteiger partial charge in [-0.05, 0) is 56.5 Å². The number of piperidine rings is 1. The lowest BCUT2D eigenvalue weighted by atomic mass is 9.76. The summed E-state index contributed by atoms with van der Waals surface area (Å²) in [5.41, 5.74) is -1.27. The van der Waals surface area contributed by atoms with Crippen LogP contribution in [0.1, 0.15) is 54.9 Å². The lowest BCUT2D eigenvalue weighted by Gasteiger charge is -2.39. The van der Waals surface area contributed by atoms with Gasteiger partial charge in [-0.2, -0.15) is 0 Å². The van der Waals surface area contributed by atoms with Crippen molar-refractivity contribution in [2.75, 3.05) is 13.1 Å². The molecule has 2 heterocycles. The minimum atomic E-state index is -1.31. The Bertz CT molecular complexity index is 1090. The van der Waals surface area contributed by atoms with Crippen molar-refractivity contribution in [3.8, 4) is 0 Å². The number of likely N-dealkylation sites (tertiary alicyclic amines) is 1. The van der Waals surface area contributed by atoms with Crippen LogP contribution in [0.5, 0.6) is 0 Å². The number of amides is 3. The monoisotopic (exact) mass is 455 g/mol. The number of nitrogens with one attached hydrogen (secondary N) is 2. The summed E-state index contributed by atoms with van der Waals surface area (Å²) in [7, 11) is 0. The third kappa shape index (κ3) is 4.47. The number of hydrogen-bond donors (Lipinski definition) is 2. The molecule has 0 aromatic heterocycles. The Morgan fingerprint density at radius 3 is 2.48 bits per heavy atom. The van der Waals surface area contributed by atoms with E-state index in [2.05, 4.69) is 10.6 Å². The maximum Gasteiger partial charge on any atom is 0.255 e. The fourth-order valence-electron chi connectivity index (χ4n) is 4.98. The van der Waals surface area contributed by atoms with Gasteiger partial charge in [-0.15, -0.1) is 0 Å². The molecular weight excluding hydrogens is 428 g/mol. The Kier molecular flexibility index (Phi) is 5.95. The summed E-state index contributed by atoms with van der Waals surface area (Å²) in [6.07, 6.45) is 1.81. The fraction of sp³-hybridized carbons (Fsp3) is 0.400. The third-order valence-electron chi connectivity index (χ3n) is 6.60. The number of carbonyl (C=O) groups is 3. The Hall–Kier alpha value is -3.29. The van der Waals surface area contributed by atoms with E-state index in [1.54, 1.807) is 36.9 Å². The van der Waals surface area contributed by atoms with Crippen LogP contribution in [0.2, 0.25) is 0 Å². The van der Waals surface area contributed by atoms with E-state index in [4.69, 9.17) is 0 Å². The van der Waals surface area contributed by atoms with Gasteiger partial charge >= 0.3 is 0 Å². The van der Waals surface area contributed by atoms with Gasteiger partial charge in [0.1, 0.15) is 17.2 Å². The molecular formula is C25H27F2N3O3. The molecule has 174 valence electrons. The van der Waals surface area contributed by atoms with Crippen LogP contribution < -0.4 is 10.6 Å². The minimum Gasteiger partial charge on any atom is -0.348 e. The first-order valence-corrected chi connectivity index (χ1v) is 11.0. The number of carbonyl (C=O) groups excluding carboxylic acids is 3. The molecule has 6 nitrogen and oxygen atoms in total. The van der Waals surface area contributed by atoms with Crippen LogP contribution in [0.25, 0.3) is 0 Å². The van der Waals surface area contributed by atoms with E-state index in [0.29, 0.717) is 25.8 Å². The molecule has 0 saturated carbocycles. The van der Waals surface area contributed by atoms with E-state index in [0.717, 1.165) is 5.56 Å². The van der Waals surface area contributed by atoms with Crippen LogP contribution in [-0.4, -0.2) is 46.8 Å².